The van der Waals surface area contributed by atoms with Gasteiger partial charge in [-0.05, 0) is 33.1 Å². The molecule has 0 aromatic heterocycles. The first-order valence-corrected chi connectivity index (χ1v) is 5.74. The summed E-state index contributed by atoms with van der Waals surface area (Å²) in [6.45, 7) is 4.17. The summed E-state index contributed by atoms with van der Waals surface area (Å²) < 4.78 is 9.88. The largest absolute Gasteiger partial charge is 0.466 e. The highest BCUT2D eigenvalue weighted by molar-refractivity contribution is 5.95. The third-order valence-corrected chi connectivity index (χ3v) is 2.52. The van der Waals surface area contributed by atoms with Crippen molar-refractivity contribution in [3.63, 3.8) is 0 Å². The van der Waals surface area contributed by atoms with E-state index < -0.39 is 5.92 Å². The number of rotatable bonds is 4. The van der Waals surface area contributed by atoms with E-state index in [2.05, 4.69) is 0 Å². The summed E-state index contributed by atoms with van der Waals surface area (Å²) in [6.07, 6.45) is 4.20. The van der Waals surface area contributed by atoms with E-state index >= 15 is 0 Å². The van der Waals surface area contributed by atoms with Crippen molar-refractivity contribution in [3.05, 3.63) is 11.6 Å². The third kappa shape index (κ3) is 3.08. The molecule has 0 heterocycles. The standard InChI is InChI=1S/C12H18O4/c1-3-15-11(13)9-7-5-6-8-10(9)12(14)16-4-2/h7,10H,3-6,8H2,1-2H3. The summed E-state index contributed by atoms with van der Waals surface area (Å²) in [6, 6.07) is 0. The van der Waals surface area contributed by atoms with Crippen LogP contribution >= 0.6 is 0 Å². The zero-order chi connectivity index (χ0) is 12.0. The van der Waals surface area contributed by atoms with Crippen LogP contribution < -0.4 is 0 Å². The summed E-state index contributed by atoms with van der Waals surface area (Å²) in [5, 5.41) is 0. The molecule has 0 aromatic rings. The van der Waals surface area contributed by atoms with E-state index in [1.165, 1.54) is 0 Å². The molecule has 16 heavy (non-hydrogen) atoms. The van der Waals surface area contributed by atoms with Gasteiger partial charge in [0.2, 0.25) is 0 Å². The normalized spacial score (nSPS) is 19.9. The second-order valence-corrected chi connectivity index (χ2v) is 3.62. The van der Waals surface area contributed by atoms with Crippen molar-refractivity contribution in [2.75, 3.05) is 13.2 Å². The van der Waals surface area contributed by atoms with Gasteiger partial charge in [-0.2, -0.15) is 0 Å². The van der Waals surface area contributed by atoms with Gasteiger partial charge in [-0.15, -0.1) is 0 Å². The molecule has 4 nitrogen and oxygen atoms in total. The lowest BCUT2D eigenvalue weighted by molar-refractivity contribution is -0.150. The Hall–Kier alpha value is -1.32. The van der Waals surface area contributed by atoms with E-state index in [1.54, 1.807) is 19.9 Å². The van der Waals surface area contributed by atoms with Crippen molar-refractivity contribution in [1.82, 2.24) is 0 Å². The highest BCUT2D eigenvalue weighted by atomic mass is 16.5. The predicted octanol–water partition coefficient (Wildman–Crippen LogP) is 1.84. The van der Waals surface area contributed by atoms with Crippen molar-refractivity contribution in [1.29, 1.82) is 0 Å². The number of ether oxygens (including phenoxy) is 2. The van der Waals surface area contributed by atoms with Crippen molar-refractivity contribution < 1.29 is 19.1 Å². The second kappa shape index (κ2) is 6.30. The molecule has 0 amide bonds. The van der Waals surface area contributed by atoms with Crippen LogP contribution in [0.5, 0.6) is 0 Å². The van der Waals surface area contributed by atoms with Crippen molar-refractivity contribution >= 4 is 11.9 Å². The molecular formula is C12H18O4. The lowest BCUT2D eigenvalue weighted by Gasteiger charge is -2.21. The van der Waals surface area contributed by atoms with Gasteiger partial charge in [0.1, 0.15) is 0 Å². The van der Waals surface area contributed by atoms with E-state index in [1.807, 2.05) is 0 Å². The molecule has 1 unspecified atom stereocenters. The Balaban J connectivity index is 2.74. The number of allylic oxidation sites excluding steroid dienone is 1. The first kappa shape index (κ1) is 12.7. The minimum absolute atomic E-state index is 0.318. The van der Waals surface area contributed by atoms with Crippen LogP contribution in [0.15, 0.2) is 11.6 Å². The van der Waals surface area contributed by atoms with Crippen LogP contribution in [0.4, 0.5) is 0 Å². The molecule has 1 aliphatic carbocycles. The van der Waals surface area contributed by atoms with Crippen LogP contribution in [0.25, 0.3) is 0 Å². The molecule has 1 aliphatic rings. The minimum atomic E-state index is -0.437. The van der Waals surface area contributed by atoms with E-state index in [9.17, 15) is 9.59 Å². The number of hydrogen-bond acceptors (Lipinski definition) is 4. The smallest absolute Gasteiger partial charge is 0.334 e. The Morgan fingerprint density at radius 1 is 1.31 bits per heavy atom. The fraction of sp³-hybridized carbons (Fsp3) is 0.667. The molecular weight excluding hydrogens is 208 g/mol. The Morgan fingerprint density at radius 3 is 2.62 bits per heavy atom. The van der Waals surface area contributed by atoms with Crippen molar-refractivity contribution in [2.45, 2.75) is 33.1 Å². The molecule has 0 bridgehead atoms. The molecule has 4 heteroatoms. The Bertz CT molecular complexity index is 293. The SMILES string of the molecule is CCOC(=O)C1=CCCCC1C(=O)OCC. The van der Waals surface area contributed by atoms with Gasteiger partial charge in [0.25, 0.3) is 0 Å². The first-order chi connectivity index (χ1) is 7.70. The minimum Gasteiger partial charge on any atom is -0.466 e. The molecule has 90 valence electrons. The highest BCUT2D eigenvalue weighted by Gasteiger charge is 2.31. The highest BCUT2D eigenvalue weighted by Crippen LogP contribution is 2.26. The monoisotopic (exact) mass is 226 g/mol. The van der Waals surface area contributed by atoms with E-state index in [4.69, 9.17) is 9.47 Å². The molecule has 1 rings (SSSR count). The Labute approximate surface area is 95.6 Å². The molecule has 0 saturated carbocycles. The Kier molecular flexibility index (Phi) is 5.02. The van der Waals surface area contributed by atoms with Gasteiger partial charge in [-0.1, -0.05) is 6.08 Å². The quantitative estimate of drug-likeness (QED) is 0.686. The molecule has 0 aromatic carbocycles. The average Bonchev–Trinajstić information content (AvgIpc) is 2.30. The van der Waals surface area contributed by atoms with Crippen LogP contribution in [-0.2, 0) is 19.1 Å². The van der Waals surface area contributed by atoms with Crippen LogP contribution in [0.1, 0.15) is 33.1 Å². The lowest BCUT2D eigenvalue weighted by atomic mass is 9.87. The zero-order valence-electron chi connectivity index (χ0n) is 9.82. The maximum absolute atomic E-state index is 11.6. The van der Waals surface area contributed by atoms with Crippen molar-refractivity contribution in [2.24, 2.45) is 5.92 Å². The van der Waals surface area contributed by atoms with Gasteiger partial charge in [0.15, 0.2) is 0 Å². The molecule has 0 radical (unpaired) electrons. The zero-order valence-corrected chi connectivity index (χ0v) is 9.82. The third-order valence-electron chi connectivity index (χ3n) is 2.52. The Morgan fingerprint density at radius 2 is 2.00 bits per heavy atom. The van der Waals surface area contributed by atoms with E-state index in [0.717, 1.165) is 12.8 Å². The maximum Gasteiger partial charge on any atom is 0.334 e. The van der Waals surface area contributed by atoms with Crippen LogP contribution in [0.2, 0.25) is 0 Å². The average molecular weight is 226 g/mol. The summed E-state index contributed by atoms with van der Waals surface area (Å²) in [4.78, 5) is 23.3. The van der Waals surface area contributed by atoms with Gasteiger partial charge < -0.3 is 9.47 Å². The fourth-order valence-electron chi connectivity index (χ4n) is 1.80. The van der Waals surface area contributed by atoms with Gasteiger partial charge in [-0.25, -0.2) is 4.79 Å². The maximum atomic E-state index is 11.6. The topological polar surface area (TPSA) is 52.6 Å². The van der Waals surface area contributed by atoms with Crippen LogP contribution in [-0.4, -0.2) is 25.2 Å². The van der Waals surface area contributed by atoms with Gasteiger partial charge in [0.05, 0.1) is 19.1 Å². The number of carbonyl (C=O) groups is 2. The van der Waals surface area contributed by atoms with E-state index in [0.29, 0.717) is 25.2 Å². The summed E-state index contributed by atoms with van der Waals surface area (Å²) >= 11 is 0. The van der Waals surface area contributed by atoms with Gasteiger partial charge in [-0.3, -0.25) is 4.79 Å². The first-order valence-electron chi connectivity index (χ1n) is 5.74. The summed E-state index contributed by atoms with van der Waals surface area (Å²) in [5.74, 6) is -1.14. The molecule has 0 spiro atoms. The van der Waals surface area contributed by atoms with Gasteiger partial charge >= 0.3 is 11.9 Å². The van der Waals surface area contributed by atoms with Crippen molar-refractivity contribution in [3.8, 4) is 0 Å². The number of carbonyl (C=O) groups excluding carboxylic acids is 2. The molecule has 0 N–H and O–H groups in total. The van der Waals surface area contributed by atoms with Crippen LogP contribution in [0, 0.1) is 5.92 Å². The molecule has 1 atom stereocenters. The summed E-state index contributed by atoms with van der Waals surface area (Å²) in [7, 11) is 0. The predicted molar refractivity (Wildman–Crippen MR) is 58.7 cm³/mol. The second-order valence-electron chi connectivity index (χ2n) is 3.62. The molecule has 0 fully saturated rings. The van der Waals surface area contributed by atoms with Gasteiger partial charge in [0, 0.05) is 5.57 Å². The number of hydrogen-bond donors (Lipinski definition) is 0. The summed E-state index contributed by atoms with van der Waals surface area (Å²) in [5.41, 5.74) is 0.464. The fourth-order valence-corrected chi connectivity index (χ4v) is 1.80. The number of esters is 2. The molecule has 0 aliphatic heterocycles. The lowest BCUT2D eigenvalue weighted by Crippen LogP contribution is -2.27. The van der Waals surface area contributed by atoms with E-state index in [-0.39, 0.29) is 11.9 Å². The molecule has 0 saturated heterocycles. The van der Waals surface area contributed by atoms with Crippen LogP contribution in [0.3, 0.4) is 0 Å².